The van der Waals surface area contributed by atoms with Gasteiger partial charge in [0.15, 0.2) is 0 Å². The molecule has 1 amide bonds. The maximum atomic E-state index is 13.3. The fourth-order valence-corrected chi connectivity index (χ4v) is 4.44. The number of nitrogens with zero attached hydrogens (tertiary/aromatic N) is 2. The first-order chi connectivity index (χ1) is 17.2. The molecule has 1 aliphatic rings. The van der Waals surface area contributed by atoms with Gasteiger partial charge in [-0.2, -0.15) is 0 Å². The predicted molar refractivity (Wildman–Crippen MR) is 140 cm³/mol. The monoisotopic (exact) mass is 506 g/mol. The Morgan fingerprint density at radius 1 is 0.944 bits per heavy atom. The van der Waals surface area contributed by atoms with Crippen molar-refractivity contribution < 1.29 is 24.2 Å². The summed E-state index contributed by atoms with van der Waals surface area (Å²) >= 11 is 6.38. The van der Waals surface area contributed by atoms with E-state index in [4.69, 9.17) is 21.1 Å². The largest absolute Gasteiger partial charge is 0.507 e. The van der Waals surface area contributed by atoms with Crippen molar-refractivity contribution in [1.29, 1.82) is 0 Å². The highest BCUT2D eigenvalue weighted by Crippen LogP contribution is 2.42. The summed E-state index contributed by atoms with van der Waals surface area (Å²) in [6.07, 6.45) is 0. The maximum Gasteiger partial charge on any atom is 0.295 e. The number of anilines is 1. The highest BCUT2D eigenvalue weighted by Gasteiger charge is 2.46. The molecule has 1 atom stereocenters. The molecule has 0 spiro atoms. The minimum absolute atomic E-state index is 0.0266. The van der Waals surface area contributed by atoms with Crippen LogP contribution in [0.5, 0.6) is 11.5 Å². The quantitative estimate of drug-likeness (QED) is 0.274. The van der Waals surface area contributed by atoms with E-state index in [-0.39, 0.29) is 28.5 Å². The Morgan fingerprint density at radius 2 is 1.56 bits per heavy atom. The summed E-state index contributed by atoms with van der Waals surface area (Å²) in [7, 11) is 6.92. The lowest BCUT2D eigenvalue weighted by atomic mass is 9.94. The van der Waals surface area contributed by atoms with Crippen LogP contribution in [0.3, 0.4) is 0 Å². The number of amides is 1. The lowest BCUT2D eigenvalue weighted by molar-refractivity contribution is -0.140. The van der Waals surface area contributed by atoms with E-state index in [1.807, 2.05) is 55.4 Å². The number of ketones is 1. The van der Waals surface area contributed by atoms with Crippen LogP contribution >= 0.6 is 11.6 Å². The molecule has 8 heteroatoms. The molecule has 0 aliphatic carbocycles. The lowest BCUT2D eigenvalue weighted by Gasteiger charge is -2.26. The molecule has 3 aromatic carbocycles. The number of benzene rings is 3. The van der Waals surface area contributed by atoms with E-state index < -0.39 is 17.7 Å². The Labute approximate surface area is 215 Å². The molecule has 0 bridgehead atoms. The van der Waals surface area contributed by atoms with Gasteiger partial charge in [0.2, 0.25) is 0 Å². The molecule has 36 heavy (non-hydrogen) atoms. The first kappa shape index (κ1) is 25.1. The Kier molecular flexibility index (Phi) is 7.22. The molecule has 4 rings (SSSR count). The fourth-order valence-electron chi connectivity index (χ4n) is 4.23. The van der Waals surface area contributed by atoms with Crippen LogP contribution in [0.1, 0.15) is 22.7 Å². The Balaban J connectivity index is 1.86. The number of likely N-dealkylation sites (tertiary alicyclic amines) is 1. The van der Waals surface area contributed by atoms with Gasteiger partial charge in [-0.25, -0.2) is 0 Å². The van der Waals surface area contributed by atoms with E-state index >= 15 is 0 Å². The number of Topliss-reactive ketones (excluding diaryl/α,β-unsaturated/α-hetero) is 1. The summed E-state index contributed by atoms with van der Waals surface area (Å²) in [5.74, 6) is -0.685. The number of aliphatic hydroxyl groups is 1. The zero-order valence-electron chi connectivity index (χ0n) is 20.5. The molecule has 7 nitrogen and oxygen atoms in total. The average Bonchev–Trinajstić information content (AvgIpc) is 3.14. The average molecular weight is 507 g/mol. The third-order valence-corrected chi connectivity index (χ3v) is 6.54. The SMILES string of the molecule is COc1ccc(CN2C(=O)C(=O)/C(=C(/O)c3cc(OC)ccc3Cl)C2c2ccc(N(C)C)cc2)cc1. The molecule has 0 aromatic heterocycles. The second kappa shape index (κ2) is 10.3. The number of carbonyl (C=O) groups is 2. The van der Waals surface area contributed by atoms with Gasteiger partial charge < -0.3 is 24.4 Å². The van der Waals surface area contributed by atoms with E-state index in [2.05, 4.69) is 0 Å². The molecule has 186 valence electrons. The first-order valence-electron chi connectivity index (χ1n) is 11.3. The maximum absolute atomic E-state index is 13.3. The second-order valence-corrected chi connectivity index (χ2v) is 9.01. The van der Waals surface area contributed by atoms with Crippen LogP contribution in [0, 0.1) is 0 Å². The number of aliphatic hydroxyl groups excluding tert-OH is 1. The summed E-state index contributed by atoms with van der Waals surface area (Å²) in [6, 6.07) is 18.7. The van der Waals surface area contributed by atoms with Crippen molar-refractivity contribution in [2.45, 2.75) is 12.6 Å². The fraction of sp³-hybridized carbons (Fsp3) is 0.214. The molecule has 1 heterocycles. The van der Waals surface area contributed by atoms with Gasteiger partial charge in [0.05, 0.1) is 30.9 Å². The number of hydrogen-bond acceptors (Lipinski definition) is 6. The standard InChI is InChI=1S/C28H27ClN2O5/c1-30(2)19-9-7-18(8-10-19)25-24(26(32)22-15-21(36-4)13-14-23(22)29)27(33)28(34)31(25)16-17-5-11-20(35-3)12-6-17/h5-15,25,32H,16H2,1-4H3/b26-24+. The van der Waals surface area contributed by atoms with Crippen molar-refractivity contribution in [3.63, 3.8) is 0 Å². The van der Waals surface area contributed by atoms with Gasteiger partial charge in [0.1, 0.15) is 17.3 Å². The Hall–Kier alpha value is -3.97. The van der Waals surface area contributed by atoms with Crippen LogP contribution in [0.25, 0.3) is 5.76 Å². The number of hydrogen-bond donors (Lipinski definition) is 1. The zero-order chi connectivity index (χ0) is 26.0. The molecular formula is C28H27ClN2O5. The smallest absolute Gasteiger partial charge is 0.295 e. The van der Waals surface area contributed by atoms with Crippen molar-refractivity contribution in [2.75, 3.05) is 33.2 Å². The van der Waals surface area contributed by atoms with Gasteiger partial charge in [-0.1, -0.05) is 35.9 Å². The summed E-state index contributed by atoms with van der Waals surface area (Å²) in [6.45, 7) is 0.164. The summed E-state index contributed by atoms with van der Waals surface area (Å²) in [5.41, 5.74) is 2.65. The molecular weight excluding hydrogens is 480 g/mol. The highest BCUT2D eigenvalue weighted by molar-refractivity contribution is 6.47. The van der Waals surface area contributed by atoms with Crippen LogP contribution in [0.4, 0.5) is 5.69 Å². The summed E-state index contributed by atoms with van der Waals surface area (Å²) < 4.78 is 10.5. The van der Waals surface area contributed by atoms with Gasteiger partial charge in [-0.05, 0) is 53.6 Å². The van der Waals surface area contributed by atoms with E-state index in [0.717, 1.165) is 11.3 Å². The first-order valence-corrected chi connectivity index (χ1v) is 11.7. The Morgan fingerprint density at radius 3 is 2.14 bits per heavy atom. The number of ether oxygens (including phenoxy) is 2. The van der Waals surface area contributed by atoms with Crippen LogP contribution in [0.2, 0.25) is 5.02 Å². The van der Waals surface area contributed by atoms with E-state index in [1.54, 1.807) is 37.4 Å². The van der Waals surface area contributed by atoms with Gasteiger partial charge in [0, 0.05) is 31.9 Å². The lowest BCUT2D eigenvalue weighted by Crippen LogP contribution is -2.29. The van der Waals surface area contributed by atoms with Crippen LogP contribution in [-0.2, 0) is 16.1 Å². The summed E-state index contributed by atoms with van der Waals surface area (Å²) in [4.78, 5) is 30.0. The van der Waals surface area contributed by atoms with Crippen molar-refractivity contribution in [2.24, 2.45) is 0 Å². The van der Waals surface area contributed by atoms with Crippen molar-refractivity contribution in [3.8, 4) is 11.5 Å². The number of rotatable bonds is 7. The molecule has 1 N–H and O–H groups in total. The molecule has 1 fully saturated rings. The van der Waals surface area contributed by atoms with Crippen LogP contribution in [0.15, 0.2) is 72.3 Å². The number of carbonyl (C=O) groups excluding carboxylic acids is 2. The van der Waals surface area contributed by atoms with E-state index in [1.165, 1.54) is 12.0 Å². The highest BCUT2D eigenvalue weighted by atomic mass is 35.5. The zero-order valence-corrected chi connectivity index (χ0v) is 21.2. The number of methoxy groups -OCH3 is 2. The van der Waals surface area contributed by atoms with E-state index in [9.17, 15) is 14.7 Å². The third-order valence-electron chi connectivity index (χ3n) is 6.21. The van der Waals surface area contributed by atoms with Crippen LogP contribution < -0.4 is 14.4 Å². The van der Waals surface area contributed by atoms with Gasteiger partial charge in [-0.15, -0.1) is 0 Å². The summed E-state index contributed by atoms with van der Waals surface area (Å²) in [5, 5.41) is 11.6. The molecule has 1 aliphatic heterocycles. The van der Waals surface area contributed by atoms with E-state index in [0.29, 0.717) is 17.1 Å². The van der Waals surface area contributed by atoms with Crippen molar-refractivity contribution >= 4 is 34.7 Å². The molecule has 0 saturated carbocycles. The van der Waals surface area contributed by atoms with Crippen molar-refractivity contribution in [3.05, 3.63) is 94.0 Å². The van der Waals surface area contributed by atoms with Crippen molar-refractivity contribution in [1.82, 2.24) is 4.90 Å². The van der Waals surface area contributed by atoms with Crippen LogP contribution in [-0.4, -0.2) is 50.0 Å². The molecule has 1 saturated heterocycles. The van der Waals surface area contributed by atoms with Gasteiger partial charge >= 0.3 is 0 Å². The predicted octanol–water partition coefficient (Wildman–Crippen LogP) is 5.05. The normalized spacial score (nSPS) is 16.8. The topological polar surface area (TPSA) is 79.3 Å². The molecule has 0 radical (unpaired) electrons. The molecule has 1 unspecified atom stereocenters. The number of halogens is 1. The minimum Gasteiger partial charge on any atom is -0.507 e. The second-order valence-electron chi connectivity index (χ2n) is 8.61. The third kappa shape index (κ3) is 4.75. The Bertz CT molecular complexity index is 1320. The van der Waals surface area contributed by atoms with Gasteiger partial charge in [-0.3, -0.25) is 9.59 Å². The molecule has 3 aromatic rings. The van der Waals surface area contributed by atoms with Gasteiger partial charge in [0.25, 0.3) is 11.7 Å². The minimum atomic E-state index is -0.814.